The molecule has 1 fully saturated rings. The normalized spacial score (nSPS) is 19.7. The SMILES string of the molecule is N#CC1(Cc2cn3ccsc3n2)CCCCCCC1. The van der Waals surface area contributed by atoms with E-state index in [0.717, 1.165) is 29.9 Å². The number of nitriles is 1. The molecule has 0 N–H and O–H groups in total. The molecule has 0 aliphatic heterocycles. The maximum atomic E-state index is 9.66. The number of hydrogen-bond acceptors (Lipinski definition) is 3. The van der Waals surface area contributed by atoms with Gasteiger partial charge < -0.3 is 0 Å². The first-order valence-corrected chi connectivity index (χ1v) is 8.02. The molecule has 0 amide bonds. The first-order valence-electron chi connectivity index (χ1n) is 7.14. The van der Waals surface area contributed by atoms with E-state index in [0.29, 0.717) is 0 Å². The molecule has 0 bridgehead atoms. The van der Waals surface area contributed by atoms with Crippen LogP contribution in [0.15, 0.2) is 17.8 Å². The maximum absolute atomic E-state index is 9.66. The van der Waals surface area contributed by atoms with Crippen LogP contribution in [0.1, 0.15) is 50.6 Å². The van der Waals surface area contributed by atoms with E-state index in [1.165, 1.54) is 32.1 Å². The van der Waals surface area contributed by atoms with Crippen molar-refractivity contribution >= 4 is 16.3 Å². The third kappa shape index (κ3) is 2.66. The first kappa shape index (κ1) is 12.7. The molecule has 0 unspecified atom stereocenters. The van der Waals surface area contributed by atoms with E-state index in [9.17, 15) is 5.26 Å². The van der Waals surface area contributed by atoms with Gasteiger partial charge in [-0.15, -0.1) is 11.3 Å². The molecule has 4 heteroatoms. The fourth-order valence-corrected chi connectivity index (χ4v) is 3.84. The minimum absolute atomic E-state index is 0.176. The average molecular weight is 273 g/mol. The zero-order valence-electron chi connectivity index (χ0n) is 11.1. The van der Waals surface area contributed by atoms with Gasteiger partial charge in [0.25, 0.3) is 0 Å². The second-order valence-corrected chi connectivity index (χ2v) is 6.53. The number of imidazole rings is 1. The van der Waals surface area contributed by atoms with Crippen LogP contribution in [0.25, 0.3) is 4.96 Å². The molecular formula is C15H19N3S. The van der Waals surface area contributed by atoms with Crippen LogP contribution >= 0.6 is 11.3 Å². The minimum atomic E-state index is -0.176. The summed E-state index contributed by atoms with van der Waals surface area (Å²) < 4.78 is 2.06. The molecule has 0 radical (unpaired) electrons. The molecule has 2 heterocycles. The highest BCUT2D eigenvalue weighted by Crippen LogP contribution is 2.36. The summed E-state index contributed by atoms with van der Waals surface area (Å²) in [5.41, 5.74) is 0.902. The van der Waals surface area contributed by atoms with Crippen LogP contribution in [0, 0.1) is 16.7 Å². The van der Waals surface area contributed by atoms with Gasteiger partial charge in [-0.3, -0.25) is 4.40 Å². The molecule has 0 saturated heterocycles. The van der Waals surface area contributed by atoms with Gasteiger partial charge in [0, 0.05) is 24.2 Å². The minimum Gasteiger partial charge on any atom is -0.297 e. The van der Waals surface area contributed by atoms with Crippen LogP contribution in [-0.2, 0) is 6.42 Å². The summed E-state index contributed by atoms with van der Waals surface area (Å²) in [5, 5.41) is 11.7. The number of aromatic nitrogens is 2. The summed E-state index contributed by atoms with van der Waals surface area (Å²) in [4.78, 5) is 5.68. The molecule has 3 rings (SSSR count). The highest BCUT2D eigenvalue weighted by molar-refractivity contribution is 7.15. The van der Waals surface area contributed by atoms with E-state index in [1.54, 1.807) is 11.3 Å². The van der Waals surface area contributed by atoms with Crippen molar-refractivity contribution in [3.8, 4) is 6.07 Å². The molecule has 0 spiro atoms. The van der Waals surface area contributed by atoms with Crippen LogP contribution in [0.3, 0.4) is 0 Å². The van der Waals surface area contributed by atoms with Crippen LogP contribution in [0.4, 0.5) is 0 Å². The Labute approximate surface area is 117 Å². The summed E-state index contributed by atoms with van der Waals surface area (Å²) in [7, 11) is 0. The van der Waals surface area contributed by atoms with Gasteiger partial charge in [0.2, 0.25) is 0 Å². The lowest BCUT2D eigenvalue weighted by molar-refractivity contribution is 0.285. The maximum Gasteiger partial charge on any atom is 0.193 e. The van der Waals surface area contributed by atoms with Crippen LogP contribution in [0.2, 0.25) is 0 Å². The van der Waals surface area contributed by atoms with E-state index < -0.39 is 0 Å². The summed E-state index contributed by atoms with van der Waals surface area (Å²) in [6.45, 7) is 0. The van der Waals surface area contributed by atoms with Crippen molar-refractivity contribution in [1.29, 1.82) is 5.26 Å². The Balaban J connectivity index is 1.81. The number of thiazole rings is 1. The zero-order valence-corrected chi connectivity index (χ0v) is 12.0. The van der Waals surface area contributed by atoms with Gasteiger partial charge in [-0.2, -0.15) is 5.26 Å². The van der Waals surface area contributed by atoms with Crippen molar-refractivity contribution in [2.24, 2.45) is 5.41 Å². The van der Waals surface area contributed by atoms with Crippen molar-refractivity contribution in [2.75, 3.05) is 0 Å². The van der Waals surface area contributed by atoms with Crippen molar-refractivity contribution < 1.29 is 0 Å². The van der Waals surface area contributed by atoms with Crippen LogP contribution in [0.5, 0.6) is 0 Å². The number of rotatable bonds is 2. The predicted molar refractivity (Wildman–Crippen MR) is 77.1 cm³/mol. The van der Waals surface area contributed by atoms with E-state index in [1.807, 2.05) is 11.6 Å². The molecular weight excluding hydrogens is 254 g/mol. The average Bonchev–Trinajstić information content (AvgIpc) is 2.93. The molecule has 1 aliphatic rings. The Morgan fingerprint density at radius 3 is 2.68 bits per heavy atom. The Bertz CT molecular complexity index is 553. The van der Waals surface area contributed by atoms with Crippen LogP contribution in [-0.4, -0.2) is 9.38 Å². The van der Waals surface area contributed by atoms with Crippen LogP contribution < -0.4 is 0 Å². The Morgan fingerprint density at radius 2 is 2.00 bits per heavy atom. The lowest BCUT2D eigenvalue weighted by Crippen LogP contribution is -2.23. The largest absolute Gasteiger partial charge is 0.297 e. The number of hydrogen-bond donors (Lipinski definition) is 0. The van der Waals surface area contributed by atoms with Crippen molar-refractivity contribution in [1.82, 2.24) is 9.38 Å². The third-order valence-electron chi connectivity index (χ3n) is 4.21. The van der Waals surface area contributed by atoms with Gasteiger partial charge in [0.1, 0.15) is 0 Å². The smallest absolute Gasteiger partial charge is 0.193 e. The van der Waals surface area contributed by atoms with Gasteiger partial charge in [0.15, 0.2) is 4.96 Å². The van der Waals surface area contributed by atoms with Gasteiger partial charge in [0.05, 0.1) is 17.2 Å². The van der Waals surface area contributed by atoms with E-state index in [2.05, 4.69) is 21.7 Å². The highest BCUT2D eigenvalue weighted by Gasteiger charge is 2.31. The predicted octanol–water partition coefficient (Wildman–Crippen LogP) is 4.19. The van der Waals surface area contributed by atoms with Crippen molar-refractivity contribution in [3.63, 3.8) is 0 Å². The lowest BCUT2D eigenvalue weighted by atomic mass is 9.74. The second-order valence-electron chi connectivity index (χ2n) is 5.66. The fraction of sp³-hybridized carbons (Fsp3) is 0.600. The molecule has 3 nitrogen and oxygen atoms in total. The summed E-state index contributed by atoms with van der Waals surface area (Å²) in [6, 6.07) is 2.62. The van der Waals surface area contributed by atoms with Gasteiger partial charge in [-0.05, 0) is 12.8 Å². The first-order chi connectivity index (χ1) is 9.31. The number of nitrogens with zero attached hydrogens (tertiary/aromatic N) is 3. The highest BCUT2D eigenvalue weighted by atomic mass is 32.1. The molecule has 0 atom stereocenters. The molecule has 1 aliphatic carbocycles. The second kappa shape index (κ2) is 5.34. The van der Waals surface area contributed by atoms with E-state index >= 15 is 0 Å². The van der Waals surface area contributed by atoms with Crippen molar-refractivity contribution in [3.05, 3.63) is 23.5 Å². The lowest BCUT2D eigenvalue weighted by Gasteiger charge is -2.27. The Hall–Kier alpha value is -1.34. The summed E-state index contributed by atoms with van der Waals surface area (Å²) in [6.07, 6.45) is 13.3. The van der Waals surface area contributed by atoms with E-state index in [-0.39, 0.29) is 5.41 Å². The summed E-state index contributed by atoms with van der Waals surface area (Å²) >= 11 is 1.65. The molecule has 2 aromatic heterocycles. The van der Waals surface area contributed by atoms with Crippen molar-refractivity contribution in [2.45, 2.75) is 51.4 Å². The fourth-order valence-electron chi connectivity index (χ4n) is 3.12. The van der Waals surface area contributed by atoms with E-state index in [4.69, 9.17) is 0 Å². The zero-order chi connectivity index (χ0) is 13.1. The van der Waals surface area contributed by atoms with Gasteiger partial charge in [-0.1, -0.05) is 32.1 Å². The molecule has 0 aromatic carbocycles. The van der Waals surface area contributed by atoms with Gasteiger partial charge in [-0.25, -0.2) is 4.98 Å². The van der Waals surface area contributed by atoms with Gasteiger partial charge >= 0.3 is 0 Å². The number of fused-ring (bicyclic) bond motifs is 1. The molecule has 19 heavy (non-hydrogen) atoms. The Morgan fingerprint density at radius 1 is 1.26 bits per heavy atom. The standard InChI is InChI=1S/C15H19N3S/c16-12-15(6-4-2-1-3-5-7-15)10-13-11-18-8-9-19-14(18)17-13/h8-9,11H,1-7,10H2. The third-order valence-corrected chi connectivity index (χ3v) is 4.98. The quantitative estimate of drug-likeness (QED) is 0.823. The summed E-state index contributed by atoms with van der Waals surface area (Å²) in [5.74, 6) is 0. The Kier molecular flexibility index (Phi) is 3.56. The molecule has 100 valence electrons. The monoisotopic (exact) mass is 273 g/mol. The topological polar surface area (TPSA) is 41.1 Å². The molecule has 1 saturated carbocycles. The molecule has 2 aromatic rings.